The van der Waals surface area contributed by atoms with Gasteiger partial charge in [-0.3, -0.25) is 9.78 Å². The smallest absolute Gasteiger partial charge is 0.396 e. The van der Waals surface area contributed by atoms with E-state index in [4.69, 9.17) is 5.11 Å². The van der Waals surface area contributed by atoms with E-state index in [1.165, 1.54) is 6.07 Å². The molecule has 0 saturated carbocycles. The molecule has 5 nitrogen and oxygen atoms in total. The van der Waals surface area contributed by atoms with Gasteiger partial charge in [-0.05, 0) is 30.5 Å². The first kappa shape index (κ1) is 17.0. The normalized spacial score (nSPS) is 11.8. The Labute approximate surface area is 141 Å². The minimum atomic E-state index is -4.50. The molecule has 0 bridgehead atoms. The molecule has 3 rings (SSSR count). The van der Waals surface area contributed by atoms with E-state index in [1.807, 2.05) is 6.07 Å². The van der Waals surface area contributed by atoms with Crippen LogP contribution in [0.15, 0.2) is 24.3 Å². The average Bonchev–Trinajstić information content (AvgIpc) is 2.58. The molecule has 0 unspecified atom stereocenters. The molecule has 0 fully saturated rings. The van der Waals surface area contributed by atoms with Gasteiger partial charge in [-0.2, -0.15) is 18.4 Å². The molecule has 0 aliphatic heterocycles. The number of fused-ring (bicyclic) bond motifs is 1. The molecular weight excluding hydrogens is 333 g/mol. The molecule has 2 aromatic heterocycles. The van der Waals surface area contributed by atoms with E-state index in [1.54, 1.807) is 23.9 Å². The molecule has 0 amide bonds. The third kappa shape index (κ3) is 3.10. The molecule has 2 heterocycles. The fourth-order valence-electron chi connectivity index (χ4n) is 2.80. The lowest BCUT2D eigenvalue weighted by Gasteiger charge is -2.16. The lowest BCUT2D eigenvalue weighted by Crippen LogP contribution is -2.11. The molecule has 1 aromatic carbocycles. The minimum absolute atomic E-state index is 0.133. The van der Waals surface area contributed by atoms with Crippen LogP contribution in [0.5, 0.6) is 0 Å². The Morgan fingerprint density at radius 1 is 1.32 bits per heavy atom. The van der Waals surface area contributed by atoms with Crippen molar-refractivity contribution in [2.24, 2.45) is 7.05 Å². The van der Waals surface area contributed by atoms with Crippen molar-refractivity contribution in [2.45, 2.75) is 19.0 Å². The Morgan fingerprint density at radius 2 is 2.08 bits per heavy atom. The molecule has 0 aliphatic carbocycles. The topological polar surface area (TPSA) is 77.6 Å². The lowest BCUT2D eigenvalue weighted by atomic mass is 9.98. The van der Waals surface area contributed by atoms with Crippen LogP contribution < -0.4 is 0 Å². The average molecular weight is 348 g/mol. The molecule has 0 aliphatic rings. The number of nitrogens with zero attached hydrogens (tertiary/aromatic N) is 3. The van der Waals surface area contributed by atoms with Crippen LogP contribution >= 0.6 is 0 Å². The number of pyridine rings is 1. The van der Waals surface area contributed by atoms with Gasteiger partial charge in [-0.25, -0.2) is 4.98 Å². The molecule has 0 radical (unpaired) electrons. The second-order valence-electron chi connectivity index (χ2n) is 5.73. The number of aromatic amines is 1. The molecule has 0 atom stereocenters. The standard InChI is InChI=1S/C17H15F3N4O/c1-24-15-8-13(22-14(9-21)16(15)23-24)11-5-4-10(3-2-6-25)12(7-11)17(18,19)20/h4-5,7-8,23,25H,2-3,6H2,1H3. The van der Waals surface area contributed by atoms with Gasteiger partial charge in [0.1, 0.15) is 11.6 Å². The van der Waals surface area contributed by atoms with Gasteiger partial charge in [-0.15, -0.1) is 0 Å². The van der Waals surface area contributed by atoms with Gasteiger partial charge in [-0.1, -0.05) is 12.1 Å². The number of hydrogen-bond acceptors (Lipinski definition) is 3. The first-order valence-corrected chi connectivity index (χ1v) is 7.62. The first-order valence-electron chi connectivity index (χ1n) is 7.62. The summed E-state index contributed by atoms with van der Waals surface area (Å²) in [5.41, 5.74) is 1.41. The predicted molar refractivity (Wildman–Crippen MR) is 85.6 cm³/mol. The zero-order chi connectivity index (χ0) is 18.2. The quantitative estimate of drug-likeness (QED) is 0.759. The zero-order valence-electron chi connectivity index (χ0n) is 13.4. The second-order valence-corrected chi connectivity index (χ2v) is 5.73. The molecule has 0 spiro atoms. The van der Waals surface area contributed by atoms with Gasteiger partial charge in [0.2, 0.25) is 0 Å². The Bertz CT molecular complexity index is 963. The van der Waals surface area contributed by atoms with Gasteiger partial charge >= 0.3 is 6.18 Å². The van der Waals surface area contributed by atoms with Crippen LogP contribution in [-0.2, 0) is 19.6 Å². The maximum absolute atomic E-state index is 13.4. The second kappa shape index (κ2) is 6.26. The van der Waals surface area contributed by atoms with Crippen LogP contribution in [-0.4, -0.2) is 26.5 Å². The summed E-state index contributed by atoms with van der Waals surface area (Å²) in [6.07, 6.45) is -4.11. The maximum Gasteiger partial charge on any atom is 0.416 e. The molecule has 8 heteroatoms. The number of benzene rings is 1. The van der Waals surface area contributed by atoms with Gasteiger partial charge in [0, 0.05) is 19.2 Å². The SMILES string of the molecule is Cn1[nH]c2c(C#N)nc(-c3ccc(CCCO)c(C(F)(F)F)c3)cc21. The Hall–Kier alpha value is -2.79. The summed E-state index contributed by atoms with van der Waals surface area (Å²) >= 11 is 0. The van der Waals surface area contributed by atoms with E-state index < -0.39 is 11.7 Å². The van der Waals surface area contributed by atoms with E-state index in [0.29, 0.717) is 22.3 Å². The highest BCUT2D eigenvalue weighted by Crippen LogP contribution is 2.36. The van der Waals surface area contributed by atoms with Gasteiger partial charge in [0.05, 0.1) is 16.8 Å². The molecule has 2 N–H and O–H groups in total. The Morgan fingerprint density at radius 3 is 2.68 bits per heavy atom. The van der Waals surface area contributed by atoms with Crippen molar-refractivity contribution in [3.05, 3.63) is 41.1 Å². The molecule has 25 heavy (non-hydrogen) atoms. The molecule has 130 valence electrons. The van der Waals surface area contributed by atoms with Crippen molar-refractivity contribution < 1.29 is 18.3 Å². The van der Waals surface area contributed by atoms with Crippen molar-refractivity contribution >= 4 is 11.0 Å². The number of halogens is 3. The Kier molecular flexibility index (Phi) is 4.27. The molecular formula is C17H15F3N4O. The van der Waals surface area contributed by atoms with Gasteiger partial charge < -0.3 is 5.11 Å². The lowest BCUT2D eigenvalue weighted by molar-refractivity contribution is -0.138. The van der Waals surface area contributed by atoms with Gasteiger partial charge in [0.15, 0.2) is 5.69 Å². The number of alkyl halides is 3. The highest BCUT2D eigenvalue weighted by Gasteiger charge is 2.33. The number of aliphatic hydroxyl groups excluding tert-OH is 1. The summed E-state index contributed by atoms with van der Waals surface area (Å²) in [6.45, 7) is -0.170. The summed E-state index contributed by atoms with van der Waals surface area (Å²) in [4.78, 5) is 4.16. The van der Waals surface area contributed by atoms with Crippen molar-refractivity contribution in [3.8, 4) is 17.3 Å². The summed E-state index contributed by atoms with van der Waals surface area (Å²) in [6, 6.07) is 7.62. The number of rotatable bonds is 4. The van der Waals surface area contributed by atoms with Crippen LogP contribution in [0.2, 0.25) is 0 Å². The molecule has 0 saturated heterocycles. The number of H-pyrrole nitrogens is 1. The summed E-state index contributed by atoms with van der Waals surface area (Å²) in [5, 5.41) is 20.9. The maximum atomic E-state index is 13.4. The van der Waals surface area contributed by atoms with Gasteiger partial charge in [0.25, 0.3) is 0 Å². The number of hydrogen-bond donors (Lipinski definition) is 2. The van der Waals surface area contributed by atoms with Crippen LogP contribution in [0.3, 0.4) is 0 Å². The number of nitriles is 1. The molecule has 3 aromatic rings. The van der Waals surface area contributed by atoms with Crippen LogP contribution in [0.1, 0.15) is 23.2 Å². The van der Waals surface area contributed by atoms with Crippen LogP contribution in [0, 0.1) is 11.3 Å². The number of aromatic nitrogens is 3. The predicted octanol–water partition coefficient (Wildman–Crippen LogP) is 3.38. The van der Waals surface area contributed by atoms with Crippen molar-refractivity contribution in [2.75, 3.05) is 6.61 Å². The third-order valence-electron chi connectivity index (χ3n) is 4.06. The van der Waals surface area contributed by atoms with Crippen LogP contribution in [0.4, 0.5) is 13.2 Å². The minimum Gasteiger partial charge on any atom is -0.396 e. The van der Waals surface area contributed by atoms with E-state index >= 15 is 0 Å². The fourth-order valence-corrected chi connectivity index (χ4v) is 2.80. The van der Waals surface area contributed by atoms with E-state index in [0.717, 1.165) is 6.07 Å². The fraction of sp³-hybridized carbons (Fsp3) is 0.294. The summed E-state index contributed by atoms with van der Waals surface area (Å²) in [5.74, 6) is 0. The monoisotopic (exact) mass is 348 g/mol. The van der Waals surface area contributed by atoms with Crippen molar-refractivity contribution in [1.82, 2.24) is 14.8 Å². The Balaban J connectivity index is 2.12. The van der Waals surface area contributed by atoms with E-state index in [9.17, 15) is 18.4 Å². The summed E-state index contributed by atoms with van der Waals surface area (Å²) in [7, 11) is 1.74. The third-order valence-corrected chi connectivity index (χ3v) is 4.06. The zero-order valence-corrected chi connectivity index (χ0v) is 13.4. The highest BCUT2D eigenvalue weighted by molar-refractivity contribution is 5.85. The number of aryl methyl sites for hydroxylation is 2. The van der Waals surface area contributed by atoms with E-state index in [2.05, 4.69) is 10.1 Å². The number of nitrogens with one attached hydrogen (secondary N) is 1. The summed E-state index contributed by atoms with van der Waals surface area (Å²) < 4.78 is 41.8. The largest absolute Gasteiger partial charge is 0.416 e. The number of aliphatic hydroxyl groups is 1. The highest BCUT2D eigenvalue weighted by atomic mass is 19.4. The first-order chi connectivity index (χ1) is 11.8. The van der Waals surface area contributed by atoms with Crippen molar-refractivity contribution in [3.63, 3.8) is 0 Å². The van der Waals surface area contributed by atoms with Crippen molar-refractivity contribution in [1.29, 1.82) is 5.26 Å². The van der Waals surface area contributed by atoms with Crippen LogP contribution in [0.25, 0.3) is 22.3 Å². The van der Waals surface area contributed by atoms with E-state index in [-0.39, 0.29) is 30.7 Å².